The van der Waals surface area contributed by atoms with Crippen LogP contribution in [-0.4, -0.2) is 55.7 Å². The molecule has 1 fully saturated rings. The summed E-state index contributed by atoms with van der Waals surface area (Å²) in [5.74, 6) is -0.335. The molecular weight excluding hydrogens is 526 g/mol. The van der Waals surface area contributed by atoms with Gasteiger partial charge in [0.2, 0.25) is 5.75 Å². The Morgan fingerprint density at radius 3 is 2.18 bits per heavy atom. The highest BCUT2D eigenvalue weighted by molar-refractivity contribution is 7.10. The normalized spacial score (nSPS) is 21.0. The molecule has 9 nitrogen and oxygen atoms in total. The number of methoxy groups -OCH3 is 3. The summed E-state index contributed by atoms with van der Waals surface area (Å²) in [6.45, 7) is 5.78. The van der Waals surface area contributed by atoms with Crippen molar-refractivity contribution in [3.8, 4) is 17.2 Å². The third-order valence-electron chi connectivity index (χ3n) is 6.65. The number of rotatable bonds is 10. The average molecular weight is 558 g/mol. The molecule has 4 atom stereocenters. The lowest BCUT2D eigenvalue weighted by molar-refractivity contribution is -0.145. The van der Waals surface area contributed by atoms with E-state index < -0.39 is 29.9 Å². The van der Waals surface area contributed by atoms with Crippen LogP contribution >= 0.6 is 22.7 Å². The molecule has 1 saturated heterocycles. The smallest absolute Gasteiger partial charge is 0.323 e. The maximum absolute atomic E-state index is 14.0. The van der Waals surface area contributed by atoms with E-state index in [2.05, 4.69) is 15.3 Å². The van der Waals surface area contributed by atoms with Crippen molar-refractivity contribution in [1.29, 1.82) is 0 Å². The molecule has 1 N–H and O–H groups in total. The third-order valence-corrected chi connectivity index (χ3v) is 8.58. The van der Waals surface area contributed by atoms with E-state index in [1.54, 1.807) is 42.2 Å². The molecule has 1 aliphatic rings. The lowest BCUT2D eigenvalue weighted by Gasteiger charge is -2.24. The molecule has 202 valence electrons. The second-order valence-electron chi connectivity index (χ2n) is 8.72. The minimum Gasteiger partial charge on any atom is -0.493 e. The number of carbonyl (C=O) groups is 2. The Labute approximate surface area is 229 Å². The fourth-order valence-corrected chi connectivity index (χ4v) is 6.55. The number of ketones is 1. The minimum absolute atomic E-state index is 0.131. The molecule has 0 saturated carbocycles. The lowest BCUT2D eigenvalue weighted by Crippen LogP contribution is -2.37. The van der Waals surface area contributed by atoms with E-state index in [0.29, 0.717) is 17.2 Å². The van der Waals surface area contributed by atoms with Gasteiger partial charge in [-0.15, -0.1) is 22.7 Å². The van der Waals surface area contributed by atoms with Gasteiger partial charge in [-0.25, -0.2) is 9.97 Å². The topological polar surface area (TPSA) is 109 Å². The number of hydrogen-bond donors (Lipinski definition) is 1. The number of aryl methyl sites for hydroxylation is 2. The SMILES string of the molecule is CCOC(=O)[C@H]1N[C@@H](c2cc(OC)c(OC)c(OC)c2)[C@@H](C(=O)/C=C/c2scnc2C)[C@@H]1c1scnc1C. The van der Waals surface area contributed by atoms with E-state index in [1.807, 2.05) is 13.8 Å². The van der Waals surface area contributed by atoms with E-state index in [4.69, 9.17) is 18.9 Å². The number of esters is 1. The highest BCUT2D eigenvalue weighted by Gasteiger charge is 2.52. The summed E-state index contributed by atoms with van der Waals surface area (Å²) in [5, 5.41) is 3.42. The minimum atomic E-state index is -0.759. The van der Waals surface area contributed by atoms with Crippen LogP contribution in [0.25, 0.3) is 6.08 Å². The first-order valence-corrected chi connectivity index (χ1v) is 13.8. The third kappa shape index (κ3) is 5.31. The highest BCUT2D eigenvalue weighted by atomic mass is 32.1. The molecule has 38 heavy (non-hydrogen) atoms. The number of nitrogens with zero attached hydrogens (tertiary/aromatic N) is 2. The summed E-state index contributed by atoms with van der Waals surface area (Å²) in [5.41, 5.74) is 5.83. The van der Waals surface area contributed by atoms with Crippen LogP contribution in [0.5, 0.6) is 17.2 Å². The molecule has 1 aromatic carbocycles. The van der Waals surface area contributed by atoms with Gasteiger partial charge < -0.3 is 18.9 Å². The molecular formula is C27H31N3O6S2. The molecule has 4 rings (SSSR count). The van der Waals surface area contributed by atoms with E-state index in [1.165, 1.54) is 44.0 Å². The van der Waals surface area contributed by atoms with Crippen molar-refractivity contribution in [2.45, 2.75) is 38.8 Å². The number of ether oxygens (including phenoxy) is 4. The van der Waals surface area contributed by atoms with Crippen molar-refractivity contribution >= 4 is 40.5 Å². The zero-order valence-electron chi connectivity index (χ0n) is 22.1. The fourth-order valence-electron chi connectivity index (χ4n) is 4.87. The maximum atomic E-state index is 14.0. The molecule has 3 aromatic rings. The van der Waals surface area contributed by atoms with E-state index >= 15 is 0 Å². The summed E-state index contributed by atoms with van der Waals surface area (Å²) in [4.78, 5) is 37.7. The molecule has 0 unspecified atom stereocenters. The predicted molar refractivity (Wildman–Crippen MR) is 146 cm³/mol. The Hall–Kier alpha value is -3.28. The Morgan fingerprint density at radius 2 is 1.66 bits per heavy atom. The molecule has 11 heteroatoms. The van der Waals surface area contributed by atoms with Crippen molar-refractivity contribution in [2.75, 3.05) is 27.9 Å². The van der Waals surface area contributed by atoms with Gasteiger partial charge in [-0.2, -0.15) is 0 Å². The first kappa shape index (κ1) is 27.7. The van der Waals surface area contributed by atoms with Crippen molar-refractivity contribution in [3.63, 3.8) is 0 Å². The monoisotopic (exact) mass is 557 g/mol. The maximum Gasteiger partial charge on any atom is 0.323 e. The summed E-state index contributed by atoms with van der Waals surface area (Å²) in [6, 6.07) is 2.30. The number of benzene rings is 1. The van der Waals surface area contributed by atoms with E-state index in [0.717, 1.165) is 26.7 Å². The lowest BCUT2D eigenvalue weighted by atomic mass is 9.80. The molecule has 1 aliphatic heterocycles. The zero-order chi connectivity index (χ0) is 27.4. The van der Waals surface area contributed by atoms with Crippen LogP contribution in [0, 0.1) is 19.8 Å². The summed E-state index contributed by atoms with van der Waals surface area (Å²) >= 11 is 2.90. The Kier molecular flexibility index (Phi) is 8.80. The predicted octanol–water partition coefficient (Wildman–Crippen LogP) is 4.50. The van der Waals surface area contributed by atoms with Gasteiger partial charge in [0.25, 0.3) is 0 Å². The van der Waals surface area contributed by atoms with Crippen molar-refractivity contribution in [1.82, 2.24) is 15.3 Å². The number of aromatic nitrogens is 2. The van der Waals surface area contributed by atoms with Gasteiger partial charge in [0.15, 0.2) is 17.3 Å². The largest absolute Gasteiger partial charge is 0.493 e. The second-order valence-corrected chi connectivity index (χ2v) is 10.5. The average Bonchev–Trinajstić information content (AvgIpc) is 3.64. The van der Waals surface area contributed by atoms with Crippen LogP contribution in [0.15, 0.2) is 29.2 Å². The first-order valence-electron chi connectivity index (χ1n) is 12.1. The number of allylic oxidation sites excluding steroid dienone is 1. The Balaban J connectivity index is 1.87. The number of carbonyl (C=O) groups excluding carboxylic acids is 2. The zero-order valence-corrected chi connectivity index (χ0v) is 23.8. The van der Waals surface area contributed by atoms with Crippen LogP contribution in [0.3, 0.4) is 0 Å². The standard InChI is InChI=1S/C27H31N3O6S2/c1-7-36-27(32)24-22(26-15(3)29-13-38-26)21(17(31)8-9-20-14(2)28-12-37-20)23(30-24)16-10-18(33-4)25(35-6)19(11-16)34-5/h8-13,21-24,30H,7H2,1-6H3/b9-8+/t21-,22-,23-,24-/m0/s1. The molecule has 3 heterocycles. The molecule has 2 aromatic heterocycles. The highest BCUT2D eigenvalue weighted by Crippen LogP contribution is 2.49. The molecule has 0 radical (unpaired) electrons. The van der Waals surface area contributed by atoms with Crippen molar-refractivity contribution < 1.29 is 28.5 Å². The number of thiazole rings is 2. The molecule has 0 spiro atoms. The van der Waals surface area contributed by atoms with Crippen molar-refractivity contribution in [2.24, 2.45) is 5.92 Å². The molecule has 0 amide bonds. The first-order chi connectivity index (χ1) is 18.3. The van der Waals surface area contributed by atoms with Gasteiger partial charge in [-0.3, -0.25) is 14.9 Å². The molecule has 0 bridgehead atoms. The van der Waals surface area contributed by atoms with E-state index in [-0.39, 0.29) is 12.4 Å². The van der Waals surface area contributed by atoms with Crippen LogP contribution < -0.4 is 19.5 Å². The van der Waals surface area contributed by atoms with Gasteiger partial charge in [0.05, 0.1) is 56.3 Å². The van der Waals surface area contributed by atoms with Gasteiger partial charge >= 0.3 is 5.97 Å². The van der Waals surface area contributed by atoms with Gasteiger partial charge in [-0.05, 0) is 50.6 Å². The van der Waals surface area contributed by atoms with Crippen LogP contribution in [0.4, 0.5) is 0 Å². The van der Waals surface area contributed by atoms with Gasteiger partial charge in [0, 0.05) is 21.7 Å². The van der Waals surface area contributed by atoms with Crippen molar-refractivity contribution in [3.05, 3.63) is 55.9 Å². The number of nitrogens with one attached hydrogen (secondary N) is 1. The van der Waals surface area contributed by atoms with E-state index in [9.17, 15) is 9.59 Å². The van der Waals surface area contributed by atoms with Crippen LogP contribution in [0.1, 0.15) is 45.6 Å². The molecule has 0 aliphatic carbocycles. The van der Waals surface area contributed by atoms with Gasteiger partial charge in [-0.1, -0.05) is 0 Å². The Bertz CT molecular complexity index is 1310. The van der Waals surface area contributed by atoms with Crippen LogP contribution in [0.2, 0.25) is 0 Å². The fraction of sp³-hybridized carbons (Fsp3) is 0.407. The number of hydrogen-bond acceptors (Lipinski definition) is 11. The summed E-state index contributed by atoms with van der Waals surface area (Å²) in [7, 11) is 4.61. The quantitative estimate of drug-likeness (QED) is 0.285. The Morgan fingerprint density at radius 1 is 1.00 bits per heavy atom. The summed E-state index contributed by atoms with van der Waals surface area (Å²) < 4.78 is 22.1. The second kappa shape index (κ2) is 12.1. The van der Waals surface area contributed by atoms with Gasteiger partial charge in [0.1, 0.15) is 6.04 Å². The summed E-state index contributed by atoms with van der Waals surface area (Å²) in [6.07, 6.45) is 3.37. The van der Waals surface area contributed by atoms with Crippen LogP contribution in [-0.2, 0) is 14.3 Å².